The largest absolute Gasteiger partial charge is 0.326 e. The first-order valence-corrected chi connectivity index (χ1v) is 9.98. The Morgan fingerprint density at radius 1 is 1.08 bits per heavy atom. The number of aromatic nitrogens is 1. The van der Waals surface area contributed by atoms with E-state index in [0.29, 0.717) is 17.0 Å². The molecule has 0 saturated carbocycles. The zero-order chi connectivity index (χ0) is 18.4. The monoisotopic (exact) mass is 382 g/mol. The fourth-order valence-corrected chi connectivity index (χ4v) is 4.02. The molecule has 0 spiro atoms. The standard InChI is InChI=1S/C20H18N2O2S2/c1-14-7-9-16(10-8-14)21-19(24)11-17-12-25-20(22-17)26-13-18(23)15-5-3-2-4-6-15/h2-10,12H,11,13H2,1H3,(H,21,24). The van der Waals surface area contributed by atoms with Crippen LogP contribution in [0.4, 0.5) is 5.69 Å². The molecule has 3 rings (SSSR count). The van der Waals surface area contributed by atoms with Crippen molar-refractivity contribution in [3.63, 3.8) is 0 Å². The van der Waals surface area contributed by atoms with E-state index in [9.17, 15) is 9.59 Å². The highest BCUT2D eigenvalue weighted by Crippen LogP contribution is 2.24. The lowest BCUT2D eigenvalue weighted by Gasteiger charge is -2.04. The molecule has 0 aliphatic rings. The van der Waals surface area contributed by atoms with Crippen molar-refractivity contribution in [1.29, 1.82) is 0 Å². The number of thioether (sulfide) groups is 1. The van der Waals surface area contributed by atoms with Crippen molar-refractivity contribution in [2.75, 3.05) is 11.1 Å². The Labute approximate surface area is 160 Å². The fourth-order valence-electron chi connectivity index (χ4n) is 2.28. The van der Waals surface area contributed by atoms with Crippen molar-refractivity contribution in [2.45, 2.75) is 17.7 Å². The van der Waals surface area contributed by atoms with Crippen LogP contribution in [0.25, 0.3) is 0 Å². The second kappa shape index (κ2) is 8.78. The van der Waals surface area contributed by atoms with E-state index in [4.69, 9.17) is 0 Å². The number of benzene rings is 2. The number of amides is 1. The molecule has 0 bridgehead atoms. The smallest absolute Gasteiger partial charge is 0.230 e. The number of aryl methyl sites for hydroxylation is 1. The van der Waals surface area contributed by atoms with Crippen LogP contribution < -0.4 is 5.32 Å². The molecule has 0 saturated heterocycles. The lowest BCUT2D eigenvalue weighted by Crippen LogP contribution is -2.14. The molecule has 0 aliphatic heterocycles. The van der Waals surface area contributed by atoms with Gasteiger partial charge in [0.25, 0.3) is 0 Å². The Morgan fingerprint density at radius 2 is 1.81 bits per heavy atom. The van der Waals surface area contributed by atoms with E-state index in [2.05, 4.69) is 10.3 Å². The fraction of sp³-hybridized carbons (Fsp3) is 0.150. The van der Waals surface area contributed by atoms with Crippen LogP contribution in [-0.4, -0.2) is 22.4 Å². The number of thiazole rings is 1. The van der Waals surface area contributed by atoms with Crippen molar-refractivity contribution in [2.24, 2.45) is 0 Å². The zero-order valence-corrected chi connectivity index (χ0v) is 15.9. The van der Waals surface area contributed by atoms with Crippen molar-refractivity contribution in [3.05, 3.63) is 76.8 Å². The van der Waals surface area contributed by atoms with Gasteiger partial charge in [-0.2, -0.15) is 0 Å². The van der Waals surface area contributed by atoms with Crippen LogP contribution >= 0.6 is 23.1 Å². The Bertz CT molecular complexity index is 890. The van der Waals surface area contributed by atoms with Gasteiger partial charge in [-0.1, -0.05) is 59.8 Å². The van der Waals surface area contributed by atoms with Gasteiger partial charge in [-0.05, 0) is 19.1 Å². The molecule has 1 aromatic heterocycles. The number of nitrogens with zero attached hydrogens (tertiary/aromatic N) is 1. The maximum atomic E-state index is 12.1. The number of carbonyl (C=O) groups is 2. The number of hydrogen-bond acceptors (Lipinski definition) is 5. The van der Waals surface area contributed by atoms with Crippen LogP contribution in [0, 0.1) is 6.92 Å². The summed E-state index contributed by atoms with van der Waals surface area (Å²) in [7, 11) is 0. The Morgan fingerprint density at radius 3 is 2.54 bits per heavy atom. The van der Waals surface area contributed by atoms with Gasteiger partial charge in [0.05, 0.1) is 17.9 Å². The first-order chi connectivity index (χ1) is 12.6. The summed E-state index contributed by atoms with van der Waals surface area (Å²) in [4.78, 5) is 28.7. The first kappa shape index (κ1) is 18.4. The number of ketones is 1. The summed E-state index contributed by atoms with van der Waals surface area (Å²) in [6.45, 7) is 2.00. The predicted molar refractivity (Wildman–Crippen MR) is 107 cm³/mol. The molecule has 26 heavy (non-hydrogen) atoms. The van der Waals surface area contributed by atoms with E-state index < -0.39 is 0 Å². The number of rotatable bonds is 7. The van der Waals surface area contributed by atoms with Crippen molar-refractivity contribution >= 4 is 40.5 Å². The second-order valence-electron chi connectivity index (χ2n) is 5.77. The van der Waals surface area contributed by atoms with Crippen LogP contribution in [0.5, 0.6) is 0 Å². The van der Waals surface area contributed by atoms with Crippen LogP contribution in [0.1, 0.15) is 21.6 Å². The number of hydrogen-bond donors (Lipinski definition) is 1. The molecular weight excluding hydrogens is 364 g/mol. The number of anilines is 1. The number of nitrogens with one attached hydrogen (secondary N) is 1. The topological polar surface area (TPSA) is 59.1 Å². The molecule has 1 heterocycles. The molecule has 1 amide bonds. The van der Waals surface area contributed by atoms with Gasteiger partial charge in [-0.25, -0.2) is 4.98 Å². The maximum absolute atomic E-state index is 12.1. The molecule has 132 valence electrons. The molecule has 0 aliphatic carbocycles. The molecule has 0 fully saturated rings. The van der Waals surface area contributed by atoms with Crippen LogP contribution in [0.2, 0.25) is 0 Å². The van der Waals surface area contributed by atoms with E-state index in [1.807, 2.05) is 66.9 Å². The van der Waals surface area contributed by atoms with Crippen LogP contribution in [-0.2, 0) is 11.2 Å². The minimum atomic E-state index is -0.101. The summed E-state index contributed by atoms with van der Waals surface area (Å²) in [6.07, 6.45) is 0.220. The van der Waals surface area contributed by atoms with Gasteiger partial charge in [0.15, 0.2) is 10.1 Å². The molecule has 4 nitrogen and oxygen atoms in total. The summed E-state index contributed by atoms with van der Waals surface area (Å²) in [5, 5.41) is 4.73. The van der Waals surface area contributed by atoms with Gasteiger partial charge in [0.2, 0.25) is 5.91 Å². The van der Waals surface area contributed by atoms with Crippen molar-refractivity contribution in [1.82, 2.24) is 4.98 Å². The normalized spacial score (nSPS) is 10.5. The zero-order valence-electron chi connectivity index (χ0n) is 14.3. The van der Waals surface area contributed by atoms with Gasteiger partial charge in [-0.3, -0.25) is 9.59 Å². The highest BCUT2D eigenvalue weighted by atomic mass is 32.2. The summed E-state index contributed by atoms with van der Waals surface area (Å²) >= 11 is 2.86. The third-order valence-corrected chi connectivity index (χ3v) is 5.70. The van der Waals surface area contributed by atoms with Crippen molar-refractivity contribution < 1.29 is 9.59 Å². The molecule has 0 radical (unpaired) electrons. The van der Waals surface area contributed by atoms with Crippen molar-refractivity contribution in [3.8, 4) is 0 Å². The van der Waals surface area contributed by atoms with Gasteiger partial charge in [-0.15, -0.1) is 11.3 Å². The molecule has 0 atom stereocenters. The second-order valence-corrected chi connectivity index (χ2v) is 7.85. The molecule has 0 unspecified atom stereocenters. The van der Waals surface area contributed by atoms with E-state index in [0.717, 1.165) is 15.6 Å². The summed E-state index contributed by atoms with van der Waals surface area (Å²) < 4.78 is 0.799. The van der Waals surface area contributed by atoms with Gasteiger partial charge in [0.1, 0.15) is 0 Å². The highest BCUT2D eigenvalue weighted by Gasteiger charge is 2.11. The Balaban J connectivity index is 1.50. The summed E-state index contributed by atoms with van der Waals surface area (Å²) in [6, 6.07) is 16.9. The molecule has 3 aromatic rings. The third-order valence-electron chi connectivity index (χ3n) is 3.63. The van der Waals surface area contributed by atoms with Crippen LogP contribution in [0.15, 0.2) is 64.3 Å². The maximum Gasteiger partial charge on any atom is 0.230 e. The van der Waals surface area contributed by atoms with Gasteiger partial charge in [0, 0.05) is 16.6 Å². The minimum Gasteiger partial charge on any atom is -0.326 e. The van der Waals surface area contributed by atoms with E-state index >= 15 is 0 Å². The molecular formula is C20H18N2O2S2. The summed E-state index contributed by atoms with van der Waals surface area (Å²) in [5.74, 6) is 0.313. The van der Waals surface area contributed by atoms with Gasteiger partial charge < -0.3 is 5.32 Å². The average Bonchev–Trinajstić information content (AvgIpc) is 3.09. The molecule has 6 heteroatoms. The molecule has 1 N–H and O–H groups in total. The average molecular weight is 383 g/mol. The Hall–Kier alpha value is -2.44. The van der Waals surface area contributed by atoms with Crippen LogP contribution in [0.3, 0.4) is 0 Å². The quantitative estimate of drug-likeness (QED) is 0.479. The lowest BCUT2D eigenvalue weighted by atomic mass is 10.2. The predicted octanol–water partition coefficient (Wildman–Crippen LogP) is 4.61. The first-order valence-electron chi connectivity index (χ1n) is 8.12. The summed E-state index contributed by atoms with van der Waals surface area (Å²) in [5.41, 5.74) is 3.34. The van der Waals surface area contributed by atoms with E-state index in [1.165, 1.54) is 23.1 Å². The number of carbonyl (C=O) groups excluding carboxylic acids is 2. The Kier molecular flexibility index (Phi) is 6.20. The third kappa shape index (κ3) is 5.28. The van der Waals surface area contributed by atoms with Gasteiger partial charge >= 0.3 is 0 Å². The minimum absolute atomic E-state index is 0.0736. The molecule has 2 aromatic carbocycles. The number of Topliss-reactive ketones (excluding diaryl/α,β-unsaturated/α-hetero) is 1. The van der Waals surface area contributed by atoms with E-state index in [1.54, 1.807) is 0 Å². The lowest BCUT2D eigenvalue weighted by molar-refractivity contribution is -0.115. The highest BCUT2D eigenvalue weighted by molar-refractivity contribution is 8.01. The SMILES string of the molecule is Cc1ccc(NC(=O)Cc2csc(SCC(=O)c3ccccc3)n2)cc1. The van der Waals surface area contributed by atoms with E-state index in [-0.39, 0.29) is 18.1 Å².